The van der Waals surface area contributed by atoms with Crippen molar-refractivity contribution in [3.05, 3.63) is 0 Å². The molecule has 0 radical (unpaired) electrons. The second kappa shape index (κ2) is 18.4. The van der Waals surface area contributed by atoms with Crippen molar-refractivity contribution >= 4 is 0 Å². The second-order valence-electron chi connectivity index (χ2n) is 9.33. The molecule has 0 aromatic rings. The summed E-state index contributed by atoms with van der Waals surface area (Å²) in [6.07, 6.45) is 32.9. The van der Waals surface area contributed by atoms with Crippen molar-refractivity contribution in [1.82, 2.24) is 0 Å². The third-order valence-electron chi connectivity index (χ3n) is 6.92. The fourth-order valence-corrected chi connectivity index (χ4v) is 5.13. The van der Waals surface area contributed by atoms with Gasteiger partial charge in [-0.2, -0.15) is 0 Å². The Kier molecular flexibility index (Phi) is 17.0. The van der Waals surface area contributed by atoms with Gasteiger partial charge in [-0.3, -0.25) is 0 Å². The van der Waals surface area contributed by atoms with Crippen molar-refractivity contribution in [3.63, 3.8) is 0 Å². The molecule has 0 heterocycles. The van der Waals surface area contributed by atoms with Crippen LogP contribution in [0.5, 0.6) is 0 Å². The van der Waals surface area contributed by atoms with E-state index in [-0.39, 0.29) is 0 Å². The van der Waals surface area contributed by atoms with E-state index in [1.54, 1.807) is 25.7 Å². The molecule has 1 saturated carbocycles. The summed E-state index contributed by atoms with van der Waals surface area (Å²) in [5.41, 5.74) is 0. The first-order valence-corrected chi connectivity index (χ1v) is 12.9. The summed E-state index contributed by atoms with van der Waals surface area (Å²) >= 11 is 0. The molecule has 1 fully saturated rings. The molecule has 1 aliphatic carbocycles. The minimum absolute atomic E-state index is 1.07. The summed E-state index contributed by atoms with van der Waals surface area (Å²) in [5.74, 6) is 2.17. The van der Waals surface area contributed by atoms with Crippen LogP contribution in [0.2, 0.25) is 0 Å². The van der Waals surface area contributed by atoms with Crippen LogP contribution in [0, 0.1) is 11.8 Å². The highest BCUT2D eigenvalue weighted by Gasteiger charge is 2.22. The quantitative estimate of drug-likeness (QED) is 0.212. The fourth-order valence-electron chi connectivity index (χ4n) is 5.13. The Morgan fingerprint density at radius 2 is 0.885 bits per heavy atom. The van der Waals surface area contributed by atoms with Crippen LogP contribution in [0.15, 0.2) is 0 Å². The standard InChI is InChI=1S/C26H52/c1-3-5-7-9-10-11-12-13-14-15-18-22-25(21-17-8-6-4-2)26-23-19-16-20-24-26/h25-26H,3-24H2,1-2H3. The molecule has 26 heavy (non-hydrogen) atoms. The molecule has 1 rings (SSSR count). The second-order valence-corrected chi connectivity index (χ2v) is 9.33. The topological polar surface area (TPSA) is 0 Å². The molecule has 0 amide bonds. The third kappa shape index (κ3) is 13.2. The van der Waals surface area contributed by atoms with Crippen molar-refractivity contribution < 1.29 is 0 Å². The summed E-state index contributed by atoms with van der Waals surface area (Å²) in [4.78, 5) is 0. The molecule has 0 N–H and O–H groups in total. The van der Waals surface area contributed by atoms with Gasteiger partial charge >= 0.3 is 0 Å². The summed E-state index contributed by atoms with van der Waals surface area (Å²) in [6.45, 7) is 4.65. The van der Waals surface area contributed by atoms with E-state index in [0.717, 1.165) is 11.8 Å². The minimum atomic E-state index is 1.07. The Balaban J connectivity index is 2.03. The Morgan fingerprint density at radius 3 is 1.35 bits per heavy atom. The van der Waals surface area contributed by atoms with Crippen LogP contribution in [-0.2, 0) is 0 Å². The van der Waals surface area contributed by atoms with Crippen LogP contribution in [0.4, 0.5) is 0 Å². The molecule has 0 heteroatoms. The monoisotopic (exact) mass is 364 g/mol. The molecule has 0 aromatic carbocycles. The average Bonchev–Trinajstić information content (AvgIpc) is 2.68. The highest BCUT2D eigenvalue weighted by molar-refractivity contribution is 4.74. The fraction of sp³-hybridized carbons (Fsp3) is 1.00. The maximum Gasteiger partial charge on any atom is -0.0386 e. The van der Waals surface area contributed by atoms with E-state index in [1.165, 1.54) is 116 Å². The van der Waals surface area contributed by atoms with E-state index >= 15 is 0 Å². The SMILES string of the molecule is CCCCCCCCCCCCCC(CCCCCC)C1CCCCC1. The minimum Gasteiger partial charge on any atom is -0.0654 e. The molecule has 0 nitrogen and oxygen atoms in total. The van der Waals surface area contributed by atoms with E-state index in [1.807, 2.05) is 0 Å². The predicted molar refractivity (Wildman–Crippen MR) is 120 cm³/mol. The van der Waals surface area contributed by atoms with Crippen LogP contribution in [-0.4, -0.2) is 0 Å². The number of hydrogen-bond acceptors (Lipinski definition) is 0. The van der Waals surface area contributed by atoms with Crippen molar-refractivity contribution in [2.45, 2.75) is 155 Å². The smallest absolute Gasteiger partial charge is 0.0386 e. The van der Waals surface area contributed by atoms with Crippen LogP contribution in [0.3, 0.4) is 0 Å². The average molecular weight is 365 g/mol. The van der Waals surface area contributed by atoms with Crippen molar-refractivity contribution in [2.24, 2.45) is 11.8 Å². The van der Waals surface area contributed by atoms with Crippen LogP contribution >= 0.6 is 0 Å². The van der Waals surface area contributed by atoms with E-state index in [9.17, 15) is 0 Å². The van der Waals surface area contributed by atoms with E-state index in [2.05, 4.69) is 13.8 Å². The first-order valence-electron chi connectivity index (χ1n) is 12.9. The summed E-state index contributed by atoms with van der Waals surface area (Å²) in [6, 6.07) is 0. The predicted octanol–water partition coefficient (Wildman–Crippen LogP) is 9.85. The summed E-state index contributed by atoms with van der Waals surface area (Å²) in [5, 5.41) is 0. The highest BCUT2D eigenvalue weighted by Crippen LogP contribution is 2.35. The Hall–Kier alpha value is 0. The van der Waals surface area contributed by atoms with Gasteiger partial charge in [0, 0.05) is 0 Å². The largest absolute Gasteiger partial charge is 0.0654 e. The van der Waals surface area contributed by atoms with Gasteiger partial charge in [-0.15, -0.1) is 0 Å². The van der Waals surface area contributed by atoms with Crippen LogP contribution in [0.25, 0.3) is 0 Å². The maximum absolute atomic E-state index is 2.34. The summed E-state index contributed by atoms with van der Waals surface area (Å²) < 4.78 is 0. The van der Waals surface area contributed by atoms with Gasteiger partial charge < -0.3 is 0 Å². The Morgan fingerprint density at radius 1 is 0.500 bits per heavy atom. The van der Waals surface area contributed by atoms with Crippen LogP contribution < -0.4 is 0 Å². The lowest BCUT2D eigenvalue weighted by Crippen LogP contribution is -2.18. The molecule has 1 atom stereocenters. The van der Waals surface area contributed by atoms with Gasteiger partial charge in [0.1, 0.15) is 0 Å². The molecule has 0 bridgehead atoms. The highest BCUT2D eigenvalue weighted by atomic mass is 14.3. The Labute approximate surface area is 167 Å². The van der Waals surface area contributed by atoms with Gasteiger partial charge in [0.15, 0.2) is 0 Å². The molecular weight excluding hydrogens is 312 g/mol. The number of hydrogen-bond donors (Lipinski definition) is 0. The van der Waals surface area contributed by atoms with E-state index < -0.39 is 0 Å². The van der Waals surface area contributed by atoms with Crippen molar-refractivity contribution in [2.75, 3.05) is 0 Å². The lowest BCUT2D eigenvalue weighted by atomic mass is 9.75. The van der Waals surface area contributed by atoms with E-state index in [0.29, 0.717) is 0 Å². The van der Waals surface area contributed by atoms with Gasteiger partial charge in [-0.1, -0.05) is 155 Å². The summed E-state index contributed by atoms with van der Waals surface area (Å²) in [7, 11) is 0. The zero-order valence-corrected chi connectivity index (χ0v) is 18.7. The van der Waals surface area contributed by atoms with Crippen molar-refractivity contribution in [3.8, 4) is 0 Å². The number of rotatable bonds is 18. The Bertz CT molecular complexity index is 263. The van der Waals surface area contributed by atoms with Gasteiger partial charge in [0.05, 0.1) is 0 Å². The third-order valence-corrected chi connectivity index (χ3v) is 6.92. The number of unbranched alkanes of at least 4 members (excludes halogenated alkanes) is 13. The molecule has 1 unspecified atom stereocenters. The molecule has 0 saturated heterocycles. The molecule has 0 aliphatic heterocycles. The first kappa shape index (κ1) is 24.0. The molecule has 1 aliphatic rings. The van der Waals surface area contributed by atoms with E-state index in [4.69, 9.17) is 0 Å². The normalized spacial score (nSPS) is 16.8. The van der Waals surface area contributed by atoms with Gasteiger partial charge in [-0.25, -0.2) is 0 Å². The van der Waals surface area contributed by atoms with Crippen LogP contribution in [0.1, 0.15) is 155 Å². The van der Waals surface area contributed by atoms with Gasteiger partial charge in [-0.05, 0) is 11.8 Å². The lowest BCUT2D eigenvalue weighted by Gasteiger charge is -2.30. The van der Waals surface area contributed by atoms with Gasteiger partial charge in [0.2, 0.25) is 0 Å². The zero-order valence-electron chi connectivity index (χ0n) is 18.7. The van der Waals surface area contributed by atoms with Crippen molar-refractivity contribution in [1.29, 1.82) is 0 Å². The lowest BCUT2D eigenvalue weighted by molar-refractivity contribution is 0.215. The first-order chi connectivity index (χ1) is 12.9. The maximum atomic E-state index is 2.34. The molecule has 0 aromatic heterocycles. The molecular formula is C26H52. The molecule has 0 spiro atoms. The zero-order chi connectivity index (χ0) is 18.7. The van der Waals surface area contributed by atoms with Gasteiger partial charge in [0.25, 0.3) is 0 Å². The molecule has 156 valence electrons.